The minimum atomic E-state index is -0.338. The molecule has 0 aliphatic carbocycles. The van der Waals surface area contributed by atoms with E-state index in [9.17, 15) is 4.79 Å². The Kier molecular flexibility index (Phi) is 2.09. The van der Waals surface area contributed by atoms with Crippen LogP contribution in [0, 0.1) is 0 Å². The lowest BCUT2D eigenvalue weighted by Crippen LogP contribution is -2.55. The number of halogens is 1. The Morgan fingerprint density at radius 1 is 1.69 bits per heavy atom. The van der Waals surface area contributed by atoms with Gasteiger partial charge in [-0.1, -0.05) is 11.6 Å². The van der Waals surface area contributed by atoms with E-state index in [0.717, 1.165) is 24.7 Å². The van der Waals surface area contributed by atoms with Crippen LogP contribution < -0.4 is 10.6 Å². The molecule has 1 unspecified atom stereocenters. The molecule has 1 saturated heterocycles. The summed E-state index contributed by atoms with van der Waals surface area (Å²) in [6.45, 7) is 0.763. The maximum Gasteiger partial charge on any atom is 0.240 e. The molecule has 2 heterocycles. The predicted molar refractivity (Wildman–Crippen MR) is 49.9 cm³/mol. The van der Waals surface area contributed by atoms with Crippen molar-refractivity contribution in [1.82, 2.24) is 8.75 Å². The number of anilines is 1. The van der Waals surface area contributed by atoms with Crippen LogP contribution in [0.25, 0.3) is 0 Å². The van der Waals surface area contributed by atoms with Crippen molar-refractivity contribution in [1.29, 1.82) is 0 Å². The Labute approximate surface area is 83.8 Å². The summed E-state index contributed by atoms with van der Waals surface area (Å²) in [5, 5.41) is 0.343. The van der Waals surface area contributed by atoms with Crippen molar-refractivity contribution < 1.29 is 4.79 Å². The van der Waals surface area contributed by atoms with E-state index < -0.39 is 0 Å². The standard InChI is InChI=1S/C6H7ClN4OS/c7-4-6(10-13-9-4)11-2-1-3(11)5(8)12/h3H,1-2H2,(H2,8,12). The number of primary amides is 1. The first-order valence-electron chi connectivity index (χ1n) is 3.74. The van der Waals surface area contributed by atoms with Gasteiger partial charge in [0.2, 0.25) is 5.91 Å². The highest BCUT2D eigenvalue weighted by molar-refractivity contribution is 6.99. The minimum Gasteiger partial charge on any atom is -0.368 e. The van der Waals surface area contributed by atoms with Crippen molar-refractivity contribution in [3.8, 4) is 0 Å². The van der Waals surface area contributed by atoms with Crippen molar-refractivity contribution >= 4 is 35.1 Å². The fourth-order valence-corrected chi connectivity index (χ4v) is 2.04. The summed E-state index contributed by atoms with van der Waals surface area (Å²) >= 11 is 6.79. The van der Waals surface area contributed by atoms with Gasteiger partial charge in [-0.3, -0.25) is 4.79 Å². The number of hydrogen-bond donors (Lipinski definition) is 1. The van der Waals surface area contributed by atoms with E-state index in [4.69, 9.17) is 17.3 Å². The molecular weight excluding hydrogens is 212 g/mol. The molecule has 7 heteroatoms. The third kappa shape index (κ3) is 1.36. The van der Waals surface area contributed by atoms with Crippen LogP contribution in [-0.2, 0) is 4.79 Å². The highest BCUT2D eigenvalue weighted by atomic mass is 35.5. The molecule has 1 atom stereocenters. The Hall–Kier alpha value is -0.880. The van der Waals surface area contributed by atoms with E-state index in [-0.39, 0.29) is 11.9 Å². The van der Waals surface area contributed by atoms with Gasteiger partial charge in [-0.2, -0.15) is 8.75 Å². The van der Waals surface area contributed by atoms with Gasteiger partial charge >= 0.3 is 0 Å². The van der Waals surface area contributed by atoms with Crippen molar-refractivity contribution in [2.75, 3.05) is 11.4 Å². The Morgan fingerprint density at radius 2 is 2.46 bits per heavy atom. The van der Waals surface area contributed by atoms with E-state index in [1.165, 1.54) is 0 Å². The molecule has 1 aromatic rings. The highest BCUT2D eigenvalue weighted by Crippen LogP contribution is 2.30. The second-order valence-corrected chi connectivity index (χ2v) is 3.67. The molecule has 0 spiro atoms. The smallest absolute Gasteiger partial charge is 0.240 e. The number of carbonyl (C=O) groups excluding carboxylic acids is 1. The molecule has 5 nitrogen and oxygen atoms in total. The summed E-state index contributed by atoms with van der Waals surface area (Å²) in [6.07, 6.45) is 0.767. The third-order valence-electron chi connectivity index (χ3n) is 2.05. The molecular formula is C6H7ClN4OS. The normalized spacial score (nSPS) is 21.3. The number of aromatic nitrogens is 2. The summed E-state index contributed by atoms with van der Waals surface area (Å²) in [7, 11) is 0. The van der Waals surface area contributed by atoms with Gasteiger partial charge in [0.15, 0.2) is 11.0 Å². The second-order valence-electron chi connectivity index (χ2n) is 2.78. The zero-order valence-electron chi connectivity index (χ0n) is 6.61. The molecule has 13 heavy (non-hydrogen) atoms. The summed E-state index contributed by atoms with van der Waals surface area (Å²) < 4.78 is 7.80. The third-order valence-corrected chi connectivity index (χ3v) is 2.93. The minimum absolute atomic E-state index is 0.263. The van der Waals surface area contributed by atoms with Gasteiger partial charge in [-0.25, -0.2) is 0 Å². The quantitative estimate of drug-likeness (QED) is 0.773. The largest absolute Gasteiger partial charge is 0.368 e. The molecule has 1 fully saturated rings. The number of nitrogens with two attached hydrogens (primary N) is 1. The highest BCUT2D eigenvalue weighted by Gasteiger charge is 2.35. The van der Waals surface area contributed by atoms with Crippen LogP contribution in [0.2, 0.25) is 5.15 Å². The fourth-order valence-electron chi connectivity index (χ4n) is 1.28. The number of amides is 1. The van der Waals surface area contributed by atoms with Crippen molar-refractivity contribution in [3.63, 3.8) is 0 Å². The first kappa shape index (κ1) is 8.71. The topological polar surface area (TPSA) is 72.1 Å². The van der Waals surface area contributed by atoms with Crippen LogP contribution in [0.5, 0.6) is 0 Å². The number of hydrogen-bond acceptors (Lipinski definition) is 5. The lowest BCUT2D eigenvalue weighted by molar-refractivity contribution is -0.120. The van der Waals surface area contributed by atoms with E-state index in [1.54, 1.807) is 4.90 Å². The molecule has 1 amide bonds. The fraction of sp³-hybridized carbons (Fsp3) is 0.500. The van der Waals surface area contributed by atoms with Gasteiger partial charge in [0, 0.05) is 6.54 Å². The van der Waals surface area contributed by atoms with Gasteiger partial charge in [0.25, 0.3) is 0 Å². The monoisotopic (exact) mass is 218 g/mol. The van der Waals surface area contributed by atoms with Crippen molar-refractivity contribution in [3.05, 3.63) is 5.15 Å². The first-order valence-corrected chi connectivity index (χ1v) is 4.85. The van der Waals surface area contributed by atoms with Gasteiger partial charge in [0.1, 0.15) is 6.04 Å². The van der Waals surface area contributed by atoms with E-state index in [1.807, 2.05) is 0 Å². The molecule has 2 rings (SSSR count). The average Bonchev–Trinajstić information content (AvgIpc) is 2.33. The van der Waals surface area contributed by atoms with Gasteiger partial charge < -0.3 is 10.6 Å². The molecule has 0 radical (unpaired) electrons. The maximum atomic E-state index is 10.9. The predicted octanol–water partition coefficient (Wildman–Crippen LogP) is 0.256. The number of rotatable bonds is 2. The molecule has 0 saturated carbocycles. The van der Waals surface area contributed by atoms with Crippen LogP contribution in [0.4, 0.5) is 5.82 Å². The first-order chi connectivity index (χ1) is 6.20. The molecule has 70 valence electrons. The lowest BCUT2D eigenvalue weighted by Gasteiger charge is -2.38. The van der Waals surface area contributed by atoms with Gasteiger partial charge in [0.05, 0.1) is 11.7 Å². The number of carbonyl (C=O) groups is 1. The van der Waals surface area contributed by atoms with Crippen molar-refractivity contribution in [2.24, 2.45) is 5.73 Å². The Balaban J connectivity index is 2.19. The van der Waals surface area contributed by atoms with Crippen molar-refractivity contribution in [2.45, 2.75) is 12.5 Å². The Morgan fingerprint density at radius 3 is 2.85 bits per heavy atom. The van der Waals surface area contributed by atoms with Crippen LogP contribution in [0.3, 0.4) is 0 Å². The Bertz CT molecular complexity index is 341. The van der Waals surface area contributed by atoms with Crippen LogP contribution in [-0.4, -0.2) is 27.2 Å². The van der Waals surface area contributed by atoms with Crippen LogP contribution in [0.1, 0.15) is 6.42 Å². The molecule has 0 aromatic carbocycles. The lowest BCUT2D eigenvalue weighted by atomic mass is 10.0. The summed E-state index contributed by atoms with van der Waals surface area (Å²) in [6, 6.07) is -0.263. The number of nitrogens with zero attached hydrogens (tertiary/aromatic N) is 3. The summed E-state index contributed by atoms with van der Waals surface area (Å²) in [5.74, 6) is 0.233. The second kappa shape index (κ2) is 3.12. The van der Waals surface area contributed by atoms with Crippen LogP contribution >= 0.6 is 23.3 Å². The zero-order valence-corrected chi connectivity index (χ0v) is 8.18. The summed E-state index contributed by atoms with van der Waals surface area (Å²) in [5.41, 5.74) is 5.18. The zero-order chi connectivity index (χ0) is 9.42. The van der Waals surface area contributed by atoms with Crippen LogP contribution in [0.15, 0.2) is 0 Å². The molecule has 2 N–H and O–H groups in total. The molecule has 0 bridgehead atoms. The average molecular weight is 219 g/mol. The molecule has 1 aliphatic heterocycles. The summed E-state index contributed by atoms with van der Waals surface area (Å²) in [4.78, 5) is 12.7. The van der Waals surface area contributed by atoms with E-state index in [0.29, 0.717) is 11.0 Å². The molecule has 1 aromatic heterocycles. The SMILES string of the molecule is NC(=O)C1CCN1c1nsnc1Cl. The maximum absolute atomic E-state index is 10.9. The van der Waals surface area contributed by atoms with Gasteiger partial charge in [-0.05, 0) is 6.42 Å². The van der Waals surface area contributed by atoms with Gasteiger partial charge in [-0.15, -0.1) is 0 Å². The van der Waals surface area contributed by atoms with E-state index in [2.05, 4.69) is 8.75 Å². The van der Waals surface area contributed by atoms with E-state index >= 15 is 0 Å². The molecule has 1 aliphatic rings.